The molecule has 0 radical (unpaired) electrons. The predicted octanol–water partition coefficient (Wildman–Crippen LogP) is 1.81. The number of piperidine rings is 1. The van der Waals surface area contributed by atoms with Crippen LogP contribution in [0.15, 0.2) is 35.1 Å². The fourth-order valence-electron chi connectivity index (χ4n) is 3.09. The third-order valence-corrected chi connectivity index (χ3v) is 5.37. The highest BCUT2D eigenvalue weighted by molar-refractivity contribution is 7.95. The highest BCUT2D eigenvalue weighted by Gasteiger charge is 2.20. The molecule has 0 spiro atoms. The largest absolute Gasteiger partial charge is 0.286 e. The third kappa shape index (κ3) is 5.60. The summed E-state index contributed by atoms with van der Waals surface area (Å²) < 4.78 is 29.8. The Morgan fingerprint density at radius 2 is 1.89 bits per heavy atom. The van der Waals surface area contributed by atoms with Gasteiger partial charge in [-0.3, -0.25) is 15.0 Å². The van der Waals surface area contributed by atoms with Gasteiger partial charge in [0.05, 0.1) is 0 Å². The van der Waals surface area contributed by atoms with E-state index in [2.05, 4.69) is 19.7 Å². The normalized spacial score (nSPS) is 15.5. The monoisotopic (exact) mass is 409 g/mol. The van der Waals surface area contributed by atoms with Crippen LogP contribution in [0.5, 0.6) is 0 Å². The molecule has 7 nitrogen and oxygen atoms in total. The summed E-state index contributed by atoms with van der Waals surface area (Å²) in [5.41, 5.74) is 3.05. The van der Waals surface area contributed by atoms with Crippen LogP contribution in [0.2, 0.25) is 0 Å². The number of hydrogen-bond acceptors (Lipinski definition) is 6. The number of carbonyl (C=O) groups is 1. The fourth-order valence-corrected chi connectivity index (χ4v) is 3.75. The number of hydrazine groups is 1. The Bertz CT molecular complexity index is 880. The number of halogens is 2. The van der Waals surface area contributed by atoms with Gasteiger partial charge in [0, 0.05) is 44.4 Å². The Kier molecular flexibility index (Phi) is 6.76. The lowest BCUT2D eigenvalue weighted by Crippen LogP contribution is -2.39. The Balaban J connectivity index is 1.40. The minimum atomic E-state index is -0.545. The molecule has 1 aliphatic heterocycles. The highest BCUT2D eigenvalue weighted by Crippen LogP contribution is 2.25. The van der Waals surface area contributed by atoms with Crippen molar-refractivity contribution in [3.8, 4) is 0 Å². The standard InChI is InChI=1S/C18H21F2N5O2S/c1-24-17(26)3-2-16(22-24)18(27)21-23-28-25-6-4-12(5-7-25)8-13-9-14(19)11-15(20)10-13/h2-3,9-12,23H,4-8H2,1H3,(H,21,27). The van der Waals surface area contributed by atoms with Gasteiger partial charge < -0.3 is 0 Å². The van der Waals surface area contributed by atoms with Crippen LogP contribution in [0.4, 0.5) is 8.78 Å². The number of aromatic nitrogens is 2. The van der Waals surface area contributed by atoms with Crippen molar-refractivity contribution in [2.24, 2.45) is 13.0 Å². The van der Waals surface area contributed by atoms with Gasteiger partial charge in [0.15, 0.2) is 0 Å². The van der Waals surface area contributed by atoms with Crippen molar-refractivity contribution in [1.29, 1.82) is 0 Å². The van der Waals surface area contributed by atoms with Gasteiger partial charge in [-0.25, -0.2) is 17.8 Å². The molecule has 0 aliphatic carbocycles. The zero-order valence-electron chi connectivity index (χ0n) is 15.3. The van der Waals surface area contributed by atoms with Crippen LogP contribution in [-0.4, -0.2) is 33.1 Å². The summed E-state index contributed by atoms with van der Waals surface area (Å²) in [5.74, 6) is -1.17. The molecule has 2 heterocycles. The van der Waals surface area contributed by atoms with Crippen LogP contribution >= 0.6 is 12.1 Å². The minimum absolute atomic E-state index is 0.135. The molecule has 150 valence electrons. The number of nitrogens with zero attached hydrogens (tertiary/aromatic N) is 3. The number of hydrogen-bond donors (Lipinski definition) is 2. The van der Waals surface area contributed by atoms with Crippen molar-refractivity contribution >= 4 is 18.0 Å². The maximum absolute atomic E-state index is 13.3. The maximum atomic E-state index is 13.3. The van der Waals surface area contributed by atoms with E-state index < -0.39 is 17.5 Å². The Hall–Kier alpha value is -2.30. The summed E-state index contributed by atoms with van der Waals surface area (Å²) in [7, 11) is 1.48. The van der Waals surface area contributed by atoms with Gasteiger partial charge in [-0.05, 0) is 48.9 Å². The molecule has 0 saturated carbocycles. The van der Waals surface area contributed by atoms with Crippen LogP contribution in [0.1, 0.15) is 28.9 Å². The molecule has 10 heteroatoms. The number of aryl methyl sites for hydroxylation is 1. The number of amides is 1. The van der Waals surface area contributed by atoms with Crippen LogP contribution in [0.25, 0.3) is 0 Å². The highest BCUT2D eigenvalue weighted by atomic mass is 32.2. The van der Waals surface area contributed by atoms with E-state index in [-0.39, 0.29) is 11.3 Å². The van der Waals surface area contributed by atoms with Gasteiger partial charge in [-0.15, -0.1) is 0 Å². The molecule has 0 bridgehead atoms. The van der Waals surface area contributed by atoms with E-state index in [0.717, 1.165) is 36.7 Å². The lowest BCUT2D eigenvalue weighted by atomic mass is 9.91. The molecule has 0 atom stereocenters. The molecule has 1 saturated heterocycles. The first-order chi connectivity index (χ1) is 13.4. The number of nitrogens with one attached hydrogen (secondary N) is 2. The second-order valence-corrected chi connectivity index (χ2v) is 7.59. The van der Waals surface area contributed by atoms with Crippen molar-refractivity contribution in [2.75, 3.05) is 13.1 Å². The van der Waals surface area contributed by atoms with Crippen molar-refractivity contribution < 1.29 is 13.6 Å². The molecule has 28 heavy (non-hydrogen) atoms. The Morgan fingerprint density at radius 3 is 2.54 bits per heavy atom. The zero-order valence-corrected chi connectivity index (χ0v) is 16.1. The van der Waals surface area contributed by atoms with Gasteiger partial charge in [-0.1, -0.05) is 0 Å². The van der Waals surface area contributed by atoms with Gasteiger partial charge in [0.25, 0.3) is 11.5 Å². The van der Waals surface area contributed by atoms with Crippen LogP contribution in [0.3, 0.4) is 0 Å². The Labute approximate surface area is 165 Å². The van der Waals surface area contributed by atoms with E-state index in [9.17, 15) is 18.4 Å². The topological polar surface area (TPSA) is 79.3 Å². The van der Waals surface area contributed by atoms with Crippen molar-refractivity contribution in [1.82, 2.24) is 24.3 Å². The lowest BCUT2D eigenvalue weighted by Gasteiger charge is -2.30. The summed E-state index contributed by atoms with van der Waals surface area (Å²) in [6.07, 6.45) is 2.43. The second-order valence-electron chi connectivity index (χ2n) is 6.68. The maximum Gasteiger partial charge on any atom is 0.286 e. The van der Waals surface area contributed by atoms with Crippen LogP contribution < -0.4 is 15.8 Å². The predicted molar refractivity (Wildman–Crippen MR) is 102 cm³/mol. The molecule has 1 fully saturated rings. The summed E-state index contributed by atoms with van der Waals surface area (Å²) in [6.45, 7) is 1.57. The summed E-state index contributed by atoms with van der Waals surface area (Å²) in [5, 5.41) is 3.88. The van der Waals surface area contributed by atoms with Gasteiger partial charge in [0.1, 0.15) is 17.3 Å². The van der Waals surface area contributed by atoms with E-state index in [1.807, 2.05) is 0 Å². The van der Waals surface area contributed by atoms with E-state index in [1.165, 1.54) is 43.4 Å². The molecule has 1 amide bonds. The molecule has 3 rings (SSSR count). The van der Waals surface area contributed by atoms with Gasteiger partial charge >= 0.3 is 0 Å². The van der Waals surface area contributed by atoms with Gasteiger partial charge in [0.2, 0.25) is 0 Å². The van der Waals surface area contributed by atoms with Crippen molar-refractivity contribution in [3.05, 3.63) is 63.6 Å². The SMILES string of the molecule is Cn1nc(C(=O)NNSN2CCC(Cc3cc(F)cc(F)c3)CC2)ccc1=O. The summed E-state index contributed by atoms with van der Waals surface area (Å²) in [6, 6.07) is 6.30. The molecular weight excluding hydrogens is 388 g/mol. The summed E-state index contributed by atoms with van der Waals surface area (Å²) >= 11 is 1.28. The van der Waals surface area contributed by atoms with E-state index >= 15 is 0 Å². The molecule has 1 aromatic heterocycles. The number of benzene rings is 1. The molecule has 1 aromatic carbocycles. The molecule has 2 aromatic rings. The van der Waals surface area contributed by atoms with E-state index in [4.69, 9.17) is 0 Å². The smallest absolute Gasteiger partial charge is 0.275 e. The van der Waals surface area contributed by atoms with Crippen molar-refractivity contribution in [3.63, 3.8) is 0 Å². The first-order valence-electron chi connectivity index (χ1n) is 8.87. The van der Waals surface area contributed by atoms with E-state index in [0.29, 0.717) is 17.9 Å². The molecular formula is C18H21F2N5O2S. The fraction of sp³-hybridized carbons (Fsp3) is 0.389. The van der Waals surface area contributed by atoms with Gasteiger partial charge in [-0.2, -0.15) is 9.93 Å². The molecule has 1 aliphatic rings. The third-order valence-electron chi connectivity index (χ3n) is 4.55. The minimum Gasteiger partial charge on any atom is -0.275 e. The number of carbonyl (C=O) groups excluding carboxylic acids is 1. The average Bonchev–Trinajstić information content (AvgIpc) is 2.64. The lowest BCUT2D eigenvalue weighted by molar-refractivity contribution is 0.0939. The van der Waals surface area contributed by atoms with Crippen LogP contribution in [-0.2, 0) is 13.5 Å². The summed E-state index contributed by atoms with van der Waals surface area (Å²) in [4.78, 5) is 26.1. The first-order valence-corrected chi connectivity index (χ1v) is 9.64. The quantitative estimate of drug-likeness (QED) is 0.560. The number of rotatable bonds is 6. The first kappa shape index (κ1) is 20.4. The van der Waals surface area contributed by atoms with Crippen LogP contribution in [0, 0.1) is 17.6 Å². The zero-order chi connectivity index (χ0) is 20.1. The molecule has 0 unspecified atom stereocenters. The van der Waals surface area contributed by atoms with Crippen molar-refractivity contribution in [2.45, 2.75) is 19.3 Å². The van der Waals surface area contributed by atoms with E-state index in [1.54, 1.807) is 0 Å². The Morgan fingerprint density at radius 1 is 1.21 bits per heavy atom. The molecule has 2 N–H and O–H groups in total. The second kappa shape index (κ2) is 9.26. The average molecular weight is 409 g/mol.